The van der Waals surface area contributed by atoms with E-state index in [1.807, 2.05) is 0 Å². The zero-order valence-corrected chi connectivity index (χ0v) is 13.8. The van der Waals surface area contributed by atoms with Crippen LogP contribution in [0.5, 0.6) is 5.75 Å². The van der Waals surface area contributed by atoms with Crippen LogP contribution in [0.3, 0.4) is 0 Å². The molecule has 23 heavy (non-hydrogen) atoms. The molecular formula is C16H20FNO4S. The Hall–Kier alpha value is -1.62. The second-order valence-electron chi connectivity index (χ2n) is 5.39. The minimum atomic E-state index is -3.82. The van der Waals surface area contributed by atoms with Crippen molar-refractivity contribution in [1.82, 2.24) is 4.31 Å². The minimum absolute atomic E-state index is 0.0754. The molecular weight excluding hydrogens is 321 g/mol. The second kappa shape index (κ2) is 7.77. The number of nitrogens with zero attached hydrogens (tertiary/aromatic N) is 1. The van der Waals surface area contributed by atoms with Crippen LogP contribution in [0.15, 0.2) is 23.1 Å². The van der Waals surface area contributed by atoms with E-state index < -0.39 is 15.8 Å². The van der Waals surface area contributed by atoms with E-state index in [-0.39, 0.29) is 23.2 Å². The predicted molar refractivity (Wildman–Crippen MR) is 84.1 cm³/mol. The molecule has 0 aromatic heterocycles. The molecule has 0 spiro atoms. The van der Waals surface area contributed by atoms with Gasteiger partial charge in [-0.2, -0.15) is 4.31 Å². The van der Waals surface area contributed by atoms with Crippen molar-refractivity contribution in [3.05, 3.63) is 24.0 Å². The van der Waals surface area contributed by atoms with E-state index in [2.05, 4.69) is 5.92 Å². The number of terminal acetylenes is 1. The fourth-order valence-corrected chi connectivity index (χ4v) is 4.38. The van der Waals surface area contributed by atoms with E-state index in [1.165, 1.54) is 23.5 Å². The van der Waals surface area contributed by atoms with Gasteiger partial charge in [0.1, 0.15) is 23.1 Å². The van der Waals surface area contributed by atoms with Gasteiger partial charge in [0.25, 0.3) is 0 Å². The van der Waals surface area contributed by atoms with Crippen molar-refractivity contribution in [2.75, 3.05) is 33.4 Å². The van der Waals surface area contributed by atoms with E-state index in [1.54, 1.807) is 0 Å². The van der Waals surface area contributed by atoms with Crippen LogP contribution < -0.4 is 4.74 Å². The third-order valence-electron chi connectivity index (χ3n) is 3.76. The van der Waals surface area contributed by atoms with Crippen LogP contribution in [0.1, 0.15) is 12.8 Å². The molecule has 0 radical (unpaired) electrons. The first-order valence-corrected chi connectivity index (χ1v) is 8.78. The number of hydrogen-bond donors (Lipinski definition) is 0. The lowest BCUT2D eigenvalue weighted by molar-refractivity contribution is 0.0989. The SMILES string of the molecule is C#CCOC[C@H]1CCCN(S(=O)(=O)c2cc(F)ccc2OC)C1. The van der Waals surface area contributed by atoms with Gasteiger partial charge in [-0.05, 0) is 37.0 Å². The lowest BCUT2D eigenvalue weighted by Crippen LogP contribution is -2.41. The van der Waals surface area contributed by atoms with E-state index in [4.69, 9.17) is 15.9 Å². The van der Waals surface area contributed by atoms with Crippen molar-refractivity contribution in [2.24, 2.45) is 5.92 Å². The van der Waals surface area contributed by atoms with Gasteiger partial charge < -0.3 is 9.47 Å². The molecule has 0 unspecified atom stereocenters. The number of halogens is 1. The maximum absolute atomic E-state index is 13.5. The summed E-state index contributed by atoms with van der Waals surface area (Å²) in [6.45, 7) is 1.34. The summed E-state index contributed by atoms with van der Waals surface area (Å²) in [5.74, 6) is 1.98. The van der Waals surface area contributed by atoms with E-state index in [0.29, 0.717) is 19.7 Å². The maximum Gasteiger partial charge on any atom is 0.246 e. The Morgan fingerprint density at radius 2 is 2.26 bits per heavy atom. The predicted octanol–water partition coefficient (Wildman–Crippen LogP) is 1.88. The van der Waals surface area contributed by atoms with Gasteiger partial charge >= 0.3 is 0 Å². The van der Waals surface area contributed by atoms with Gasteiger partial charge in [-0.15, -0.1) is 6.42 Å². The average molecular weight is 341 g/mol. The van der Waals surface area contributed by atoms with Gasteiger partial charge in [0.2, 0.25) is 10.0 Å². The Morgan fingerprint density at radius 1 is 1.48 bits per heavy atom. The Balaban J connectivity index is 2.19. The molecule has 5 nitrogen and oxygen atoms in total. The normalized spacial score (nSPS) is 19.3. The first kappa shape index (κ1) is 17.7. The number of sulfonamides is 1. The van der Waals surface area contributed by atoms with Crippen LogP contribution in [-0.2, 0) is 14.8 Å². The summed E-state index contributed by atoms with van der Waals surface area (Å²) < 4.78 is 50.8. The van der Waals surface area contributed by atoms with Gasteiger partial charge in [0.05, 0.1) is 13.7 Å². The molecule has 1 aliphatic heterocycles. The van der Waals surface area contributed by atoms with Crippen LogP contribution >= 0.6 is 0 Å². The van der Waals surface area contributed by atoms with Gasteiger partial charge in [0.15, 0.2) is 0 Å². The Morgan fingerprint density at radius 3 is 2.96 bits per heavy atom. The highest BCUT2D eigenvalue weighted by atomic mass is 32.2. The largest absolute Gasteiger partial charge is 0.495 e. The number of rotatable bonds is 6. The smallest absolute Gasteiger partial charge is 0.246 e. The number of methoxy groups -OCH3 is 1. The van der Waals surface area contributed by atoms with Gasteiger partial charge in [0, 0.05) is 13.1 Å². The molecule has 126 valence electrons. The molecule has 0 amide bonds. The van der Waals surface area contributed by atoms with Crippen LogP contribution in [0.25, 0.3) is 0 Å². The molecule has 1 heterocycles. The number of piperidine rings is 1. The standard InChI is InChI=1S/C16H20FNO4S/c1-3-9-22-12-13-5-4-8-18(11-13)23(19,20)16-10-14(17)6-7-15(16)21-2/h1,6-7,10,13H,4-5,8-9,11-12H2,2H3/t13-/m0/s1. The van der Waals surface area contributed by atoms with E-state index in [9.17, 15) is 12.8 Å². The molecule has 0 saturated carbocycles. The third-order valence-corrected chi connectivity index (χ3v) is 5.65. The van der Waals surface area contributed by atoms with Crippen LogP contribution in [-0.4, -0.2) is 46.1 Å². The average Bonchev–Trinajstić information content (AvgIpc) is 2.55. The molecule has 1 atom stereocenters. The molecule has 1 aromatic carbocycles. The fourth-order valence-electron chi connectivity index (χ4n) is 2.66. The molecule has 1 aromatic rings. The maximum atomic E-state index is 13.5. The highest BCUT2D eigenvalue weighted by Gasteiger charge is 2.32. The number of benzene rings is 1. The van der Waals surface area contributed by atoms with Crippen molar-refractivity contribution in [3.63, 3.8) is 0 Å². The van der Waals surface area contributed by atoms with Crippen molar-refractivity contribution in [3.8, 4) is 18.1 Å². The van der Waals surface area contributed by atoms with Gasteiger partial charge in [-0.1, -0.05) is 5.92 Å². The lowest BCUT2D eigenvalue weighted by Gasteiger charge is -2.32. The van der Waals surface area contributed by atoms with E-state index >= 15 is 0 Å². The lowest BCUT2D eigenvalue weighted by atomic mass is 10.0. The monoisotopic (exact) mass is 341 g/mol. The molecule has 1 aliphatic rings. The van der Waals surface area contributed by atoms with Gasteiger partial charge in [-0.3, -0.25) is 0 Å². The summed E-state index contributed by atoms with van der Waals surface area (Å²) in [7, 11) is -2.46. The van der Waals surface area contributed by atoms with Crippen molar-refractivity contribution in [1.29, 1.82) is 0 Å². The van der Waals surface area contributed by atoms with Crippen molar-refractivity contribution in [2.45, 2.75) is 17.7 Å². The summed E-state index contributed by atoms with van der Waals surface area (Å²) in [5, 5.41) is 0. The number of ether oxygens (including phenoxy) is 2. The molecule has 0 bridgehead atoms. The first-order valence-electron chi connectivity index (χ1n) is 7.34. The summed E-state index contributed by atoms with van der Waals surface area (Å²) >= 11 is 0. The number of hydrogen-bond acceptors (Lipinski definition) is 4. The van der Waals surface area contributed by atoms with Crippen LogP contribution in [0, 0.1) is 24.1 Å². The summed E-state index contributed by atoms with van der Waals surface area (Å²) in [5.41, 5.74) is 0. The van der Waals surface area contributed by atoms with Crippen molar-refractivity contribution >= 4 is 10.0 Å². The zero-order valence-electron chi connectivity index (χ0n) is 13.0. The summed E-state index contributed by atoms with van der Waals surface area (Å²) in [6, 6.07) is 3.48. The Kier molecular flexibility index (Phi) is 5.99. The van der Waals surface area contributed by atoms with Gasteiger partial charge in [-0.25, -0.2) is 12.8 Å². The molecule has 1 fully saturated rings. The molecule has 1 saturated heterocycles. The molecule has 0 aliphatic carbocycles. The van der Waals surface area contributed by atoms with E-state index in [0.717, 1.165) is 18.9 Å². The Bertz CT molecular complexity index is 684. The fraction of sp³-hybridized carbons (Fsp3) is 0.500. The highest BCUT2D eigenvalue weighted by molar-refractivity contribution is 7.89. The van der Waals surface area contributed by atoms with Crippen LogP contribution in [0.2, 0.25) is 0 Å². The highest BCUT2D eigenvalue weighted by Crippen LogP contribution is 2.30. The quantitative estimate of drug-likeness (QED) is 0.586. The molecule has 7 heteroatoms. The molecule has 0 N–H and O–H groups in total. The second-order valence-corrected chi connectivity index (χ2v) is 7.29. The third kappa shape index (κ3) is 4.22. The zero-order chi connectivity index (χ0) is 16.9. The summed E-state index contributed by atoms with van der Waals surface area (Å²) in [6.07, 6.45) is 6.73. The first-order chi connectivity index (χ1) is 11.0. The minimum Gasteiger partial charge on any atom is -0.495 e. The van der Waals surface area contributed by atoms with Crippen LogP contribution in [0.4, 0.5) is 4.39 Å². The summed E-state index contributed by atoms with van der Waals surface area (Å²) in [4.78, 5) is -0.148. The topological polar surface area (TPSA) is 55.8 Å². The molecule has 2 rings (SSSR count). The van der Waals surface area contributed by atoms with Crippen molar-refractivity contribution < 1.29 is 22.3 Å². The Labute approximate surface area is 136 Å².